The smallest absolute Gasteiger partial charge is 0.282 e. The lowest BCUT2D eigenvalue weighted by Gasteiger charge is -2.05. The summed E-state index contributed by atoms with van der Waals surface area (Å²) in [6.45, 7) is 0.331. The fraction of sp³-hybridized carbons (Fsp3) is 0.0667. The molecule has 0 aliphatic rings. The van der Waals surface area contributed by atoms with Gasteiger partial charge < -0.3 is 5.11 Å². The number of aromatic nitrogens is 3. The third kappa shape index (κ3) is 3.03. The maximum absolute atomic E-state index is 12.1. The lowest BCUT2D eigenvalue weighted by Crippen LogP contribution is -2.07. The van der Waals surface area contributed by atoms with Gasteiger partial charge in [-0.1, -0.05) is 41.6 Å². The van der Waals surface area contributed by atoms with Crippen LogP contribution in [0.3, 0.4) is 0 Å². The lowest BCUT2D eigenvalue weighted by atomic mass is 10.3. The fourth-order valence-electron chi connectivity index (χ4n) is 1.97. The lowest BCUT2D eigenvalue weighted by molar-refractivity contribution is 0.399. The molecule has 0 saturated heterocycles. The summed E-state index contributed by atoms with van der Waals surface area (Å²) in [6, 6.07) is 10.8. The number of aromatic hydroxyl groups is 1. The molecule has 5 nitrogen and oxygen atoms in total. The first kappa shape index (κ1) is 14.7. The summed E-state index contributed by atoms with van der Waals surface area (Å²) in [5, 5.41) is 13.4. The van der Waals surface area contributed by atoms with E-state index in [0.29, 0.717) is 16.5 Å². The first-order valence-electron chi connectivity index (χ1n) is 6.48. The highest BCUT2D eigenvalue weighted by Crippen LogP contribution is 2.35. The normalized spacial score (nSPS) is 10.8. The fourth-order valence-corrected chi connectivity index (χ4v) is 3.09. The molecule has 0 unspecified atom stereocenters. The molecule has 22 heavy (non-hydrogen) atoms. The van der Waals surface area contributed by atoms with Crippen molar-refractivity contribution >= 4 is 23.4 Å². The van der Waals surface area contributed by atoms with Crippen molar-refractivity contribution in [1.29, 1.82) is 0 Å². The number of nitrogens with one attached hydrogen (secondary N) is 1. The van der Waals surface area contributed by atoms with E-state index in [1.807, 2.05) is 18.2 Å². The number of pyridine rings is 1. The van der Waals surface area contributed by atoms with Crippen molar-refractivity contribution in [3.8, 4) is 5.88 Å². The van der Waals surface area contributed by atoms with E-state index < -0.39 is 0 Å². The van der Waals surface area contributed by atoms with Crippen molar-refractivity contribution in [2.24, 2.45) is 0 Å². The van der Waals surface area contributed by atoms with Gasteiger partial charge in [0.05, 0.1) is 11.6 Å². The first-order chi connectivity index (χ1) is 10.6. The van der Waals surface area contributed by atoms with E-state index in [2.05, 4.69) is 10.1 Å². The second-order valence-electron chi connectivity index (χ2n) is 4.57. The van der Waals surface area contributed by atoms with Crippen LogP contribution in [0.25, 0.3) is 0 Å². The Balaban J connectivity index is 1.91. The number of benzene rings is 1. The van der Waals surface area contributed by atoms with Crippen molar-refractivity contribution in [2.75, 3.05) is 0 Å². The van der Waals surface area contributed by atoms with Crippen molar-refractivity contribution in [2.45, 2.75) is 16.3 Å². The average molecular weight is 334 g/mol. The van der Waals surface area contributed by atoms with Gasteiger partial charge in [-0.2, -0.15) is 0 Å². The molecule has 3 aromatic rings. The Morgan fingerprint density at radius 3 is 2.82 bits per heavy atom. The first-order valence-corrected chi connectivity index (χ1v) is 7.67. The number of aromatic amines is 1. The van der Waals surface area contributed by atoms with Crippen LogP contribution in [0.15, 0.2) is 63.4 Å². The minimum absolute atomic E-state index is 0.112. The van der Waals surface area contributed by atoms with Crippen LogP contribution in [-0.2, 0) is 6.54 Å². The van der Waals surface area contributed by atoms with Gasteiger partial charge in [-0.15, -0.1) is 0 Å². The van der Waals surface area contributed by atoms with E-state index in [1.54, 1.807) is 30.6 Å². The Bertz CT molecular complexity index is 845. The Morgan fingerprint density at radius 1 is 1.27 bits per heavy atom. The highest BCUT2D eigenvalue weighted by molar-refractivity contribution is 7.99. The second kappa shape index (κ2) is 6.29. The van der Waals surface area contributed by atoms with Crippen LogP contribution < -0.4 is 5.56 Å². The number of hydrogen-bond acceptors (Lipinski definition) is 4. The maximum Gasteiger partial charge on any atom is 0.282 e. The summed E-state index contributed by atoms with van der Waals surface area (Å²) in [6.07, 6.45) is 3.35. The summed E-state index contributed by atoms with van der Waals surface area (Å²) in [5.74, 6) is -0.112. The van der Waals surface area contributed by atoms with Gasteiger partial charge in [0.15, 0.2) is 0 Å². The van der Waals surface area contributed by atoms with Crippen LogP contribution in [-0.4, -0.2) is 19.9 Å². The summed E-state index contributed by atoms with van der Waals surface area (Å²) in [4.78, 5) is 17.0. The van der Waals surface area contributed by atoms with Crippen LogP contribution in [0.2, 0.25) is 5.02 Å². The van der Waals surface area contributed by atoms with Crippen molar-refractivity contribution in [1.82, 2.24) is 14.8 Å². The molecule has 3 rings (SSSR count). The molecule has 0 aliphatic heterocycles. The van der Waals surface area contributed by atoms with Crippen LogP contribution in [0, 0.1) is 0 Å². The Morgan fingerprint density at radius 2 is 2.09 bits per heavy atom. The predicted molar refractivity (Wildman–Crippen MR) is 85.6 cm³/mol. The quantitative estimate of drug-likeness (QED) is 0.769. The van der Waals surface area contributed by atoms with Crippen LogP contribution >= 0.6 is 23.4 Å². The van der Waals surface area contributed by atoms with E-state index in [9.17, 15) is 9.90 Å². The molecular weight excluding hydrogens is 322 g/mol. The number of nitrogens with zero attached hydrogens (tertiary/aromatic N) is 2. The second-order valence-corrected chi connectivity index (χ2v) is 6.03. The molecule has 2 aromatic heterocycles. The summed E-state index contributed by atoms with van der Waals surface area (Å²) < 4.78 is 1.39. The van der Waals surface area contributed by atoms with Gasteiger partial charge in [-0.05, 0) is 23.8 Å². The molecule has 0 spiro atoms. The summed E-state index contributed by atoms with van der Waals surface area (Å²) in [5.41, 5.74) is 0.518. The monoisotopic (exact) mass is 333 g/mol. The molecule has 0 bridgehead atoms. The molecule has 0 atom stereocenters. The zero-order chi connectivity index (χ0) is 15.5. The summed E-state index contributed by atoms with van der Waals surface area (Å²) >= 11 is 7.22. The number of halogens is 1. The van der Waals surface area contributed by atoms with Crippen LogP contribution in [0.4, 0.5) is 0 Å². The Kier molecular flexibility index (Phi) is 4.22. The molecule has 0 fully saturated rings. The van der Waals surface area contributed by atoms with Gasteiger partial charge in [-0.3, -0.25) is 14.9 Å². The number of hydrogen-bond donors (Lipinski definition) is 2. The van der Waals surface area contributed by atoms with Crippen molar-refractivity contribution in [3.63, 3.8) is 0 Å². The minimum atomic E-state index is -0.355. The van der Waals surface area contributed by atoms with Gasteiger partial charge in [0.1, 0.15) is 4.90 Å². The van der Waals surface area contributed by atoms with E-state index in [0.717, 1.165) is 17.3 Å². The van der Waals surface area contributed by atoms with Crippen molar-refractivity contribution in [3.05, 3.63) is 69.7 Å². The molecule has 7 heteroatoms. The van der Waals surface area contributed by atoms with Gasteiger partial charge >= 0.3 is 0 Å². The third-order valence-corrected chi connectivity index (χ3v) is 4.60. The molecule has 0 saturated carbocycles. The molecule has 1 aromatic carbocycles. The zero-order valence-electron chi connectivity index (χ0n) is 11.4. The van der Waals surface area contributed by atoms with Gasteiger partial charge in [-0.25, -0.2) is 4.68 Å². The molecule has 112 valence electrons. The van der Waals surface area contributed by atoms with E-state index in [4.69, 9.17) is 11.6 Å². The van der Waals surface area contributed by atoms with Gasteiger partial charge in [0, 0.05) is 17.3 Å². The molecule has 0 radical (unpaired) electrons. The van der Waals surface area contributed by atoms with Crippen molar-refractivity contribution < 1.29 is 5.11 Å². The van der Waals surface area contributed by atoms with E-state index in [-0.39, 0.29) is 16.3 Å². The van der Waals surface area contributed by atoms with Crippen LogP contribution in [0.5, 0.6) is 5.88 Å². The third-order valence-electron chi connectivity index (χ3n) is 3.01. The highest BCUT2D eigenvalue weighted by atomic mass is 35.5. The number of rotatable bonds is 4. The molecule has 2 heterocycles. The molecule has 2 N–H and O–H groups in total. The van der Waals surface area contributed by atoms with E-state index in [1.165, 1.54) is 4.68 Å². The highest BCUT2D eigenvalue weighted by Gasteiger charge is 2.16. The Labute approximate surface area is 135 Å². The molecule has 0 amide bonds. The molecule has 0 aliphatic carbocycles. The largest absolute Gasteiger partial charge is 0.493 e. The SMILES string of the molecule is O=c1[nH]n(Cc2cccnc2)c(O)c1Sc1ccccc1Cl. The van der Waals surface area contributed by atoms with E-state index >= 15 is 0 Å². The predicted octanol–water partition coefficient (Wildman–Crippen LogP) is 3.13. The number of H-pyrrole nitrogens is 1. The zero-order valence-corrected chi connectivity index (χ0v) is 12.9. The van der Waals surface area contributed by atoms with Crippen LogP contribution in [0.1, 0.15) is 5.56 Å². The van der Waals surface area contributed by atoms with Gasteiger partial charge in [0.25, 0.3) is 5.56 Å². The minimum Gasteiger partial charge on any atom is -0.493 e. The maximum atomic E-state index is 12.1. The average Bonchev–Trinajstić information content (AvgIpc) is 2.78. The van der Waals surface area contributed by atoms with Gasteiger partial charge in [0.2, 0.25) is 5.88 Å². The topological polar surface area (TPSA) is 70.9 Å². The Hall–Kier alpha value is -2.18. The summed E-state index contributed by atoms with van der Waals surface area (Å²) in [7, 11) is 0. The molecular formula is C15H12ClN3O2S. The standard InChI is InChI=1S/C15H12ClN3O2S/c16-11-5-1-2-6-12(11)22-13-14(20)18-19(15(13)21)9-10-4-3-7-17-8-10/h1-8,21H,9H2,(H,18,20).